The van der Waals surface area contributed by atoms with Crippen LogP contribution in [0.5, 0.6) is 0 Å². The summed E-state index contributed by atoms with van der Waals surface area (Å²) in [4.78, 5) is 17.6. The zero-order valence-electron chi connectivity index (χ0n) is 16.7. The van der Waals surface area contributed by atoms with Crippen LogP contribution in [-0.2, 0) is 24.1 Å². The molecule has 0 spiro atoms. The van der Waals surface area contributed by atoms with Gasteiger partial charge in [0.2, 0.25) is 0 Å². The van der Waals surface area contributed by atoms with E-state index in [1.807, 2.05) is 23.1 Å². The smallest absolute Gasteiger partial charge is 0.146 e. The zero-order valence-corrected chi connectivity index (χ0v) is 18.3. The molecule has 2 aromatic heterocycles. The van der Waals surface area contributed by atoms with Crippen molar-refractivity contribution in [3.8, 4) is 0 Å². The van der Waals surface area contributed by atoms with Crippen LogP contribution in [0.2, 0.25) is 0 Å². The van der Waals surface area contributed by atoms with Gasteiger partial charge in [-0.25, -0.2) is 9.97 Å². The quantitative estimate of drug-likeness (QED) is 0.730. The third-order valence-corrected chi connectivity index (χ3v) is 7.72. The molecule has 1 aliphatic heterocycles. The highest BCUT2D eigenvalue weighted by Crippen LogP contribution is 2.40. The lowest BCUT2D eigenvalue weighted by Crippen LogP contribution is -2.36. The predicted molar refractivity (Wildman–Crippen MR) is 116 cm³/mol. The van der Waals surface area contributed by atoms with Crippen molar-refractivity contribution in [3.63, 3.8) is 0 Å². The van der Waals surface area contributed by atoms with E-state index in [2.05, 4.69) is 30.0 Å². The number of aromatic nitrogens is 2. The number of fused-ring (bicyclic) bond motifs is 3. The van der Waals surface area contributed by atoms with Gasteiger partial charge >= 0.3 is 0 Å². The predicted octanol–water partition coefficient (Wildman–Crippen LogP) is 3.59. The van der Waals surface area contributed by atoms with Gasteiger partial charge < -0.3 is 9.64 Å². The molecule has 2 aliphatic rings. The molecule has 1 aliphatic carbocycles. The van der Waals surface area contributed by atoms with Crippen molar-refractivity contribution in [1.29, 1.82) is 0 Å². The van der Waals surface area contributed by atoms with Crippen molar-refractivity contribution in [2.75, 3.05) is 50.3 Å². The maximum atomic E-state index is 5.49. The van der Waals surface area contributed by atoms with Gasteiger partial charge in [-0.3, -0.25) is 4.90 Å². The average molecular weight is 407 g/mol. The number of hydrogen-bond acceptors (Lipinski definition) is 7. The van der Waals surface area contributed by atoms with Crippen LogP contribution in [0, 0.1) is 0 Å². The number of nitrogens with zero attached hydrogens (tertiary/aromatic N) is 4. The number of thioether (sulfide) groups is 1. The Morgan fingerprint density at radius 2 is 2.00 bits per heavy atom. The second-order valence-electron chi connectivity index (χ2n) is 7.66. The molecule has 4 rings (SSSR count). The van der Waals surface area contributed by atoms with Crippen LogP contribution in [0.1, 0.15) is 36.0 Å². The first-order valence-corrected chi connectivity index (χ1v) is 12.2. The third kappa shape index (κ3) is 4.11. The summed E-state index contributed by atoms with van der Waals surface area (Å²) in [5.41, 5.74) is 1.53. The number of rotatable bonds is 6. The van der Waals surface area contributed by atoms with Crippen molar-refractivity contribution in [2.45, 2.75) is 45.2 Å². The van der Waals surface area contributed by atoms with Gasteiger partial charge in [-0.05, 0) is 44.4 Å². The lowest BCUT2D eigenvalue weighted by molar-refractivity contribution is 0.0331. The van der Waals surface area contributed by atoms with Crippen molar-refractivity contribution < 1.29 is 4.74 Å². The number of aryl methyl sites for hydroxylation is 2. The molecule has 5 nitrogen and oxygen atoms in total. The molecular weight excluding hydrogens is 376 g/mol. The molecule has 1 fully saturated rings. The number of anilines is 1. The number of thiophene rings is 1. The van der Waals surface area contributed by atoms with E-state index in [-0.39, 0.29) is 0 Å². The first kappa shape index (κ1) is 19.4. The maximum absolute atomic E-state index is 5.49. The van der Waals surface area contributed by atoms with Gasteiger partial charge in [0.05, 0.1) is 25.1 Å². The van der Waals surface area contributed by atoms with Crippen molar-refractivity contribution in [3.05, 3.63) is 16.3 Å². The van der Waals surface area contributed by atoms with Gasteiger partial charge in [0, 0.05) is 36.8 Å². The normalized spacial score (nSPS) is 19.2. The molecule has 1 saturated heterocycles. The Bertz CT molecular complexity index is 788. The Kier molecular flexibility index (Phi) is 6.21. The minimum Gasteiger partial charge on any atom is -0.379 e. The summed E-state index contributed by atoms with van der Waals surface area (Å²) in [6.45, 7) is 6.68. The molecule has 3 heterocycles. The Morgan fingerprint density at radius 1 is 1.22 bits per heavy atom. The second kappa shape index (κ2) is 8.64. The first-order chi connectivity index (χ1) is 13.2. The second-order valence-corrected chi connectivity index (χ2v) is 9.65. The summed E-state index contributed by atoms with van der Waals surface area (Å²) in [6.07, 6.45) is 7.16. The van der Waals surface area contributed by atoms with Crippen LogP contribution in [0.4, 0.5) is 5.82 Å². The third-order valence-electron chi connectivity index (χ3n) is 5.71. The highest BCUT2D eigenvalue weighted by Gasteiger charge is 2.25. The van der Waals surface area contributed by atoms with E-state index < -0.39 is 0 Å². The number of morpholine rings is 1. The first-order valence-electron chi connectivity index (χ1n) is 10.0. The van der Waals surface area contributed by atoms with Crippen molar-refractivity contribution >= 4 is 39.1 Å². The average Bonchev–Trinajstić information content (AvgIpc) is 3.06. The molecule has 0 amide bonds. The summed E-state index contributed by atoms with van der Waals surface area (Å²) in [5.74, 6) is 3.21. The van der Waals surface area contributed by atoms with E-state index >= 15 is 0 Å². The number of ether oxygens (including phenoxy) is 1. The maximum Gasteiger partial charge on any atom is 0.146 e. The van der Waals surface area contributed by atoms with E-state index in [0.717, 1.165) is 50.2 Å². The van der Waals surface area contributed by atoms with Gasteiger partial charge in [-0.1, -0.05) is 0 Å². The summed E-state index contributed by atoms with van der Waals surface area (Å²) in [7, 11) is 2.20. The largest absolute Gasteiger partial charge is 0.379 e. The Balaban J connectivity index is 1.74. The van der Waals surface area contributed by atoms with Crippen LogP contribution in [0.3, 0.4) is 0 Å². The van der Waals surface area contributed by atoms with Crippen molar-refractivity contribution in [2.24, 2.45) is 0 Å². The highest BCUT2D eigenvalue weighted by molar-refractivity contribution is 7.98. The molecule has 148 valence electrons. The van der Waals surface area contributed by atoms with Crippen LogP contribution >= 0.6 is 23.1 Å². The Hall–Kier alpha value is -0.890. The lowest BCUT2D eigenvalue weighted by atomic mass is 9.97. The standard InChI is InChI=1S/C20H30N4OS2/c1-14(13-26-3)23(2)19-18-15-6-4-5-7-16(15)27-20(18)22-17(21-19)12-24-8-10-25-11-9-24/h14H,4-13H2,1-3H3. The monoisotopic (exact) mass is 406 g/mol. The minimum atomic E-state index is 0.452. The summed E-state index contributed by atoms with van der Waals surface area (Å²) in [5, 5.41) is 1.33. The van der Waals surface area contributed by atoms with Gasteiger partial charge in [-0.2, -0.15) is 11.8 Å². The molecule has 0 N–H and O–H groups in total. The summed E-state index contributed by atoms with van der Waals surface area (Å²) >= 11 is 3.80. The molecule has 1 unspecified atom stereocenters. The molecule has 0 aromatic carbocycles. The molecule has 27 heavy (non-hydrogen) atoms. The van der Waals surface area contributed by atoms with E-state index in [0.29, 0.717) is 6.04 Å². The van der Waals surface area contributed by atoms with E-state index in [1.54, 1.807) is 4.88 Å². The molecule has 0 radical (unpaired) electrons. The van der Waals surface area contributed by atoms with E-state index in [4.69, 9.17) is 14.7 Å². The molecule has 0 bridgehead atoms. The molecular formula is C20H30N4OS2. The fraction of sp³-hybridized carbons (Fsp3) is 0.700. The minimum absolute atomic E-state index is 0.452. The zero-order chi connectivity index (χ0) is 18.8. The van der Waals surface area contributed by atoms with E-state index in [1.165, 1.54) is 41.5 Å². The van der Waals surface area contributed by atoms with Crippen LogP contribution in [-0.4, -0.2) is 66.3 Å². The Morgan fingerprint density at radius 3 is 2.78 bits per heavy atom. The molecule has 0 saturated carbocycles. The van der Waals surface area contributed by atoms with Crippen LogP contribution < -0.4 is 4.90 Å². The number of hydrogen-bond donors (Lipinski definition) is 0. The van der Waals surface area contributed by atoms with Gasteiger partial charge in [0.15, 0.2) is 0 Å². The van der Waals surface area contributed by atoms with Gasteiger partial charge in [0.1, 0.15) is 16.5 Å². The van der Waals surface area contributed by atoms with Gasteiger partial charge in [0.25, 0.3) is 0 Å². The van der Waals surface area contributed by atoms with E-state index in [9.17, 15) is 0 Å². The summed E-state index contributed by atoms with van der Waals surface area (Å²) < 4.78 is 5.49. The fourth-order valence-corrected chi connectivity index (χ4v) is 6.01. The Labute approximate surface area is 170 Å². The fourth-order valence-electron chi connectivity index (χ4n) is 4.03. The van der Waals surface area contributed by atoms with Crippen LogP contribution in [0.25, 0.3) is 10.2 Å². The highest BCUT2D eigenvalue weighted by atomic mass is 32.2. The van der Waals surface area contributed by atoms with Crippen molar-refractivity contribution in [1.82, 2.24) is 14.9 Å². The topological polar surface area (TPSA) is 41.5 Å². The molecule has 1 atom stereocenters. The SMILES string of the molecule is CSCC(C)N(C)c1nc(CN2CCOCC2)nc2sc3c(c12)CCCC3. The lowest BCUT2D eigenvalue weighted by Gasteiger charge is -2.28. The summed E-state index contributed by atoms with van der Waals surface area (Å²) in [6, 6.07) is 0.452. The molecule has 2 aromatic rings. The molecule has 7 heteroatoms. The van der Waals surface area contributed by atoms with Crippen LogP contribution in [0.15, 0.2) is 0 Å². The van der Waals surface area contributed by atoms with Gasteiger partial charge in [-0.15, -0.1) is 11.3 Å².